The maximum atomic E-state index is 12.5. The minimum Gasteiger partial charge on any atom is -0.497 e. The fourth-order valence-corrected chi connectivity index (χ4v) is 3.66. The van der Waals surface area contributed by atoms with E-state index in [1.54, 1.807) is 19.2 Å². The van der Waals surface area contributed by atoms with Crippen LogP contribution in [0.3, 0.4) is 0 Å². The number of rotatable bonds is 8. The van der Waals surface area contributed by atoms with E-state index in [2.05, 4.69) is 25.7 Å². The van der Waals surface area contributed by atoms with Crippen LogP contribution in [0.15, 0.2) is 59.1 Å². The number of anilines is 1. The second kappa shape index (κ2) is 11.3. The molecule has 4 rings (SSSR count). The maximum Gasteiger partial charge on any atom is 0.319 e. The Morgan fingerprint density at radius 1 is 1.03 bits per heavy atom. The highest BCUT2D eigenvalue weighted by Crippen LogP contribution is 2.20. The molecule has 0 bridgehead atoms. The van der Waals surface area contributed by atoms with Gasteiger partial charge in [-0.15, -0.1) is 0 Å². The predicted octanol–water partition coefficient (Wildman–Crippen LogP) is 2.60. The number of nitrogens with one attached hydrogen (secondary N) is 2. The minimum absolute atomic E-state index is 0.0271. The summed E-state index contributed by atoms with van der Waals surface area (Å²) in [5.41, 5.74) is 1.57. The standard InChI is InChI=1S/C24H28N6O4/c1-33-20-9-7-18(8-10-20)23-27-21(34-28-23)17-29-13-15-30(16-14-29)22(31)11-12-25-24(32)26-19-5-3-2-4-6-19/h2-10H,11-17H2,1H3,(H2,25,26,32). The molecule has 0 unspecified atom stereocenters. The van der Waals surface area contributed by atoms with E-state index in [0.29, 0.717) is 50.1 Å². The van der Waals surface area contributed by atoms with E-state index in [-0.39, 0.29) is 24.9 Å². The minimum atomic E-state index is -0.322. The molecule has 178 valence electrons. The summed E-state index contributed by atoms with van der Waals surface area (Å²) < 4.78 is 10.6. The Morgan fingerprint density at radius 3 is 2.47 bits per heavy atom. The molecule has 1 aliphatic heterocycles. The van der Waals surface area contributed by atoms with Crippen LogP contribution in [0.2, 0.25) is 0 Å². The molecule has 2 aromatic carbocycles. The number of aromatic nitrogens is 2. The lowest BCUT2D eigenvalue weighted by molar-refractivity contribution is -0.132. The molecule has 0 saturated carbocycles. The zero-order valence-corrected chi connectivity index (χ0v) is 19.1. The van der Waals surface area contributed by atoms with Crippen molar-refractivity contribution in [2.45, 2.75) is 13.0 Å². The first kappa shape index (κ1) is 23.2. The second-order valence-corrected chi connectivity index (χ2v) is 7.89. The van der Waals surface area contributed by atoms with Crippen LogP contribution in [-0.2, 0) is 11.3 Å². The van der Waals surface area contributed by atoms with Crippen LogP contribution in [0.5, 0.6) is 5.75 Å². The Labute approximate surface area is 197 Å². The zero-order chi connectivity index (χ0) is 23.8. The average molecular weight is 465 g/mol. The maximum absolute atomic E-state index is 12.5. The van der Waals surface area contributed by atoms with Gasteiger partial charge >= 0.3 is 6.03 Å². The van der Waals surface area contributed by atoms with Gasteiger partial charge in [0, 0.05) is 50.4 Å². The van der Waals surface area contributed by atoms with Crippen molar-refractivity contribution < 1.29 is 18.8 Å². The third-order valence-corrected chi connectivity index (χ3v) is 5.56. The van der Waals surface area contributed by atoms with E-state index in [1.165, 1.54) is 0 Å². The summed E-state index contributed by atoms with van der Waals surface area (Å²) in [7, 11) is 1.62. The SMILES string of the molecule is COc1ccc(-c2noc(CN3CCN(C(=O)CCNC(=O)Nc4ccccc4)CC3)n2)cc1. The summed E-state index contributed by atoms with van der Waals surface area (Å²) >= 11 is 0. The molecule has 0 spiro atoms. The van der Waals surface area contributed by atoms with E-state index < -0.39 is 0 Å². The van der Waals surface area contributed by atoms with E-state index in [4.69, 9.17) is 9.26 Å². The average Bonchev–Trinajstić information content (AvgIpc) is 3.33. The first-order chi connectivity index (χ1) is 16.6. The molecule has 1 fully saturated rings. The molecule has 34 heavy (non-hydrogen) atoms. The van der Waals surface area contributed by atoms with Crippen molar-refractivity contribution in [2.24, 2.45) is 0 Å². The normalized spacial score (nSPS) is 14.0. The highest BCUT2D eigenvalue weighted by atomic mass is 16.5. The number of hydrogen-bond acceptors (Lipinski definition) is 7. The van der Waals surface area contributed by atoms with Crippen molar-refractivity contribution in [1.82, 2.24) is 25.3 Å². The van der Waals surface area contributed by atoms with E-state index in [9.17, 15) is 9.59 Å². The van der Waals surface area contributed by atoms with Gasteiger partial charge in [-0.2, -0.15) is 4.98 Å². The monoisotopic (exact) mass is 464 g/mol. The molecule has 10 nitrogen and oxygen atoms in total. The summed E-state index contributed by atoms with van der Waals surface area (Å²) in [5, 5.41) is 9.52. The smallest absolute Gasteiger partial charge is 0.319 e. The van der Waals surface area contributed by atoms with Crippen molar-refractivity contribution in [3.63, 3.8) is 0 Å². The predicted molar refractivity (Wildman–Crippen MR) is 126 cm³/mol. The molecule has 1 saturated heterocycles. The number of para-hydroxylation sites is 1. The van der Waals surface area contributed by atoms with Crippen LogP contribution in [0, 0.1) is 0 Å². The Kier molecular flexibility index (Phi) is 7.71. The largest absolute Gasteiger partial charge is 0.497 e. The Balaban J connectivity index is 1.16. The second-order valence-electron chi connectivity index (χ2n) is 7.89. The van der Waals surface area contributed by atoms with Gasteiger partial charge in [-0.25, -0.2) is 4.79 Å². The van der Waals surface area contributed by atoms with Gasteiger partial charge in [0.2, 0.25) is 17.6 Å². The van der Waals surface area contributed by atoms with Gasteiger partial charge < -0.3 is 24.8 Å². The first-order valence-corrected chi connectivity index (χ1v) is 11.2. The van der Waals surface area contributed by atoms with Gasteiger partial charge in [-0.3, -0.25) is 9.69 Å². The molecule has 0 atom stereocenters. The number of methoxy groups -OCH3 is 1. The Hall–Kier alpha value is -3.92. The lowest BCUT2D eigenvalue weighted by Gasteiger charge is -2.34. The molecule has 3 amide bonds. The summed E-state index contributed by atoms with van der Waals surface area (Å²) in [6, 6.07) is 16.3. The molecule has 3 aromatic rings. The van der Waals surface area contributed by atoms with Crippen LogP contribution in [0.1, 0.15) is 12.3 Å². The summed E-state index contributed by atoms with van der Waals surface area (Å²) in [4.78, 5) is 32.9. The van der Waals surface area contributed by atoms with Crippen LogP contribution in [0.25, 0.3) is 11.4 Å². The highest BCUT2D eigenvalue weighted by Gasteiger charge is 2.22. The van der Waals surface area contributed by atoms with Crippen molar-refractivity contribution in [3.05, 3.63) is 60.5 Å². The van der Waals surface area contributed by atoms with Crippen molar-refractivity contribution >= 4 is 17.6 Å². The molecule has 1 aromatic heterocycles. The van der Waals surface area contributed by atoms with Gasteiger partial charge in [-0.1, -0.05) is 23.4 Å². The summed E-state index contributed by atoms with van der Waals surface area (Å²) in [6.45, 7) is 3.49. The number of urea groups is 1. The lowest BCUT2D eigenvalue weighted by atomic mass is 10.2. The molecular formula is C24H28N6O4. The quantitative estimate of drug-likeness (QED) is 0.527. The number of carbonyl (C=O) groups is 2. The van der Waals surface area contributed by atoms with Gasteiger partial charge in [0.05, 0.1) is 13.7 Å². The number of nitrogens with zero attached hydrogens (tertiary/aromatic N) is 4. The fraction of sp³-hybridized carbons (Fsp3) is 0.333. The Morgan fingerprint density at radius 2 is 1.76 bits per heavy atom. The third-order valence-electron chi connectivity index (χ3n) is 5.56. The molecule has 0 aliphatic carbocycles. The van der Waals surface area contributed by atoms with Crippen molar-refractivity contribution in [1.29, 1.82) is 0 Å². The lowest BCUT2D eigenvalue weighted by Crippen LogP contribution is -2.48. The van der Waals surface area contributed by atoms with E-state index >= 15 is 0 Å². The Bertz CT molecular complexity index is 1080. The molecule has 1 aliphatic rings. The van der Waals surface area contributed by atoms with Gasteiger partial charge in [0.15, 0.2) is 0 Å². The van der Waals surface area contributed by atoms with E-state index in [0.717, 1.165) is 11.3 Å². The van der Waals surface area contributed by atoms with Crippen molar-refractivity contribution in [3.8, 4) is 17.1 Å². The van der Waals surface area contributed by atoms with Crippen LogP contribution < -0.4 is 15.4 Å². The molecule has 2 N–H and O–H groups in total. The van der Waals surface area contributed by atoms with Crippen LogP contribution in [-0.4, -0.2) is 71.7 Å². The van der Waals surface area contributed by atoms with Gasteiger partial charge in [0.25, 0.3) is 0 Å². The van der Waals surface area contributed by atoms with Crippen molar-refractivity contribution in [2.75, 3.05) is 45.2 Å². The molecular weight excluding hydrogens is 436 g/mol. The number of amides is 3. The van der Waals surface area contributed by atoms with E-state index in [1.807, 2.05) is 47.4 Å². The molecule has 2 heterocycles. The number of piperazine rings is 1. The van der Waals surface area contributed by atoms with Crippen LogP contribution in [0.4, 0.5) is 10.5 Å². The fourth-order valence-electron chi connectivity index (χ4n) is 3.66. The topological polar surface area (TPSA) is 113 Å². The van der Waals surface area contributed by atoms with Gasteiger partial charge in [-0.05, 0) is 36.4 Å². The number of carbonyl (C=O) groups excluding carboxylic acids is 2. The number of ether oxygens (including phenoxy) is 1. The summed E-state index contributed by atoms with van der Waals surface area (Å²) in [6.07, 6.45) is 0.261. The summed E-state index contributed by atoms with van der Waals surface area (Å²) in [5.74, 6) is 1.87. The third kappa shape index (κ3) is 6.32. The van der Waals surface area contributed by atoms with Crippen LogP contribution >= 0.6 is 0 Å². The zero-order valence-electron chi connectivity index (χ0n) is 19.1. The number of benzene rings is 2. The first-order valence-electron chi connectivity index (χ1n) is 11.2. The molecule has 0 radical (unpaired) electrons. The number of hydrogen-bond donors (Lipinski definition) is 2. The highest BCUT2D eigenvalue weighted by molar-refractivity contribution is 5.89. The molecule has 10 heteroatoms. The van der Waals surface area contributed by atoms with Gasteiger partial charge in [0.1, 0.15) is 5.75 Å².